The zero-order chi connectivity index (χ0) is 18.4. The zero-order valence-electron chi connectivity index (χ0n) is 15.9. The zero-order valence-corrected chi connectivity index (χ0v) is 16.8. The summed E-state index contributed by atoms with van der Waals surface area (Å²) in [5.41, 5.74) is 7.78. The minimum atomic E-state index is -2.64. The highest BCUT2D eigenvalue weighted by atomic mass is 31.2. The van der Waals surface area contributed by atoms with E-state index in [0.717, 1.165) is 17.4 Å². The molecule has 0 radical (unpaired) electrons. The second-order valence-electron chi connectivity index (χ2n) is 7.69. The van der Waals surface area contributed by atoms with E-state index in [1.165, 1.54) is 32.1 Å². The molecule has 1 aliphatic carbocycles. The second-order valence-corrected chi connectivity index (χ2v) is 10.3. The molecule has 0 bridgehead atoms. The van der Waals surface area contributed by atoms with Crippen molar-refractivity contribution >= 4 is 13.1 Å². The van der Waals surface area contributed by atoms with Gasteiger partial charge in [-0.3, -0.25) is 4.57 Å². The van der Waals surface area contributed by atoms with Gasteiger partial charge in [-0.05, 0) is 43.4 Å². The van der Waals surface area contributed by atoms with Crippen LogP contribution in [0.3, 0.4) is 0 Å². The van der Waals surface area contributed by atoms with Gasteiger partial charge in [-0.15, -0.1) is 0 Å². The van der Waals surface area contributed by atoms with Crippen molar-refractivity contribution in [2.24, 2.45) is 5.92 Å². The van der Waals surface area contributed by atoms with E-state index in [1.807, 2.05) is 25.1 Å². The number of anilines is 1. The monoisotopic (exact) mass is 380 g/mol. The molecule has 3 unspecified atom stereocenters. The molecule has 3 rings (SSSR count). The minimum absolute atomic E-state index is 0.0479. The van der Waals surface area contributed by atoms with E-state index in [2.05, 4.69) is 11.4 Å². The van der Waals surface area contributed by atoms with Gasteiger partial charge in [0.1, 0.15) is 0 Å². The number of morpholine rings is 1. The molecule has 1 aromatic carbocycles. The van der Waals surface area contributed by atoms with Crippen molar-refractivity contribution in [2.45, 2.75) is 51.2 Å². The first-order chi connectivity index (χ1) is 12.6. The first-order valence-corrected chi connectivity index (χ1v) is 12.0. The summed E-state index contributed by atoms with van der Waals surface area (Å²) in [4.78, 5) is 0. The number of hydrogen-bond acceptors (Lipinski definition) is 5. The summed E-state index contributed by atoms with van der Waals surface area (Å²) in [5, 5.41) is 3.52. The molecule has 2 aliphatic rings. The van der Waals surface area contributed by atoms with Crippen molar-refractivity contribution in [3.63, 3.8) is 0 Å². The Kier molecular flexibility index (Phi) is 7.16. The Labute approximate surface area is 157 Å². The van der Waals surface area contributed by atoms with Gasteiger partial charge >= 0.3 is 0 Å². The third kappa shape index (κ3) is 5.56. The molecule has 2 fully saturated rings. The molecule has 3 N–H and O–H groups in total. The largest absolute Gasteiger partial charge is 0.399 e. The summed E-state index contributed by atoms with van der Waals surface area (Å²) < 4.78 is 25.3. The Morgan fingerprint density at radius 2 is 2.08 bits per heavy atom. The average molecular weight is 380 g/mol. The van der Waals surface area contributed by atoms with Crippen molar-refractivity contribution in [3.05, 3.63) is 29.8 Å². The minimum Gasteiger partial charge on any atom is -0.399 e. The van der Waals surface area contributed by atoms with Crippen molar-refractivity contribution in [1.82, 2.24) is 5.32 Å². The molecule has 1 saturated carbocycles. The topological polar surface area (TPSA) is 73.6 Å². The molecule has 146 valence electrons. The summed E-state index contributed by atoms with van der Waals surface area (Å²) in [6, 6.07) is 8.03. The molecule has 3 atom stereocenters. The van der Waals surface area contributed by atoms with E-state index < -0.39 is 7.37 Å². The fourth-order valence-corrected chi connectivity index (χ4v) is 7.06. The van der Waals surface area contributed by atoms with Crippen molar-refractivity contribution in [2.75, 3.05) is 37.8 Å². The first kappa shape index (κ1) is 19.9. The Morgan fingerprint density at radius 3 is 2.73 bits per heavy atom. The van der Waals surface area contributed by atoms with E-state index in [-0.39, 0.29) is 12.1 Å². The number of nitrogens with one attached hydrogen (secondary N) is 1. The molecule has 1 aromatic rings. The van der Waals surface area contributed by atoms with Crippen LogP contribution in [0.1, 0.15) is 50.6 Å². The molecule has 26 heavy (non-hydrogen) atoms. The second kappa shape index (κ2) is 9.36. The van der Waals surface area contributed by atoms with Crippen molar-refractivity contribution in [3.8, 4) is 0 Å². The van der Waals surface area contributed by atoms with Crippen LogP contribution in [0, 0.1) is 5.92 Å². The fraction of sp³-hybridized carbons (Fsp3) is 0.700. The Balaban J connectivity index is 1.54. The van der Waals surface area contributed by atoms with Crippen LogP contribution < -0.4 is 11.1 Å². The van der Waals surface area contributed by atoms with Gasteiger partial charge in [0, 0.05) is 18.4 Å². The maximum absolute atomic E-state index is 13.4. The van der Waals surface area contributed by atoms with Crippen LogP contribution in [0.25, 0.3) is 0 Å². The molecule has 6 heteroatoms. The highest BCUT2D eigenvalue weighted by Gasteiger charge is 2.34. The SMILES string of the molecule is CCOP(=O)(CC1CCCCC1)CC1CNC(c2cccc(N)c2)CO1. The lowest BCUT2D eigenvalue weighted by Gasteiger charge is -2.34. The first-order valence-electron chi connectivity index (χ1n) is 10.0. The van der Waals surface area contributed by atoms with Crippen LogP contribution in [0.2, 0.25) is 0 Å². The Bertz CT molecular complexity index is 611. The average Bonchev–Trinajstić information content (AvgIpc) is 2.63. The number of nitrogens with two attached hydrogens (primary N) is 1. The summed E-state index contributed by atoms with van der Waals surface area (Å²) >= 11 is 0. The van der Waals surface area contributed by atoms with Crippen LogP contribution in [-0.2, 0) is 13.8 Å². The summed E-state index contributed by atoms with van der Waals surface area (Å²) in [6.45, 7) is 3.71. The highest BCUT2D eigenvalue weighted by molar-refractivity contribution is 7.59. The molecule has 0 aromatic heterocycles. The van der Waals surface area contributed by atoms with Crippen LogP contribution in [0.5, 0.6) is 0 Å². The number of hydrogen-bond donors (Lipinski definition) is 2. The van der Waals surface area contributed by atoms with Gasteiger partial charge in [0.15, 0.2) is 0 Å². The quantitative estimate of drug-likeness (QED) is 0.548. The van der Waals surface area contributed by atoms with Gasteiger partial charge in [0.25, 0.3) is 0 Å². The molecule has 5 nitrogen and oxygen atoms in total. The lowest BCUT2D eigenvalue weighted by atomic mass is 9.91. The lowest BCUT2D eigenvalue weighted by Crippen LogP contribution is -2.43. The highest BCUT2D eigenvalue weighted by Crippen LogP contribution is 2.51. The maximum Gasteiger partial charge on any atom is 0.206 e. The van der Waals surface area contributed by atoms with Gasteiger partial charge in [-0.1, -0.05) is 31.4 Å². The summed E-state index contributed by atoms with van der Waals surface area (Å²) in [5.74, 6) is 0.553. The van der Waals surface area contributed by atoms with Crippen molar-refractivity contribution < 1.29 is 13.8 Å². The maximum atomic E-state index is 13.4. The summed E-state index contributed by atoms with van der Waals surface area (Å²) in [7, 11) is -2.64. The van der Waals surface area contributed by atoms with Gasteiger partial charge < -0.3 is 20.3 Å². The van der Waals surface area contributed by atoms with Gasteiger partial charge in [-0.25, -0.2) is 0 Å². The third-order valence-electron chi connectivity index (χ3n) is 5.51. The smallest absolute Gasteiger partial charge is 0.206 e. The molecule has 1 saturated heterocycles. The molecule has 1 heterocycles. The van der Waals surface area contributed by atoms with E-state index in [1.54, 1.807) is 0 Å². The molecule has 0 amide bonds. The number of rotatable bonds is 7. The molecular weight excluding hydrogens is 347 g/mol. The van der Waals surface area contributed by atoms with Crippen LogP contribution in [0.15, 0.2) is 24.3 Å². The Morgan fingerprint density at radius 1 is 1.27 bits per heavy atom. The van der Waals surface area contributed by atoms with Gasteiger partial charge in [0.05, 0.1) is 31.5 Å². The van der Waals surface area contributed by atoms with Crippen LogP contribution in [0.4, 0.5) is 5.69 Å². The molecule has 0 spiro atoms. The lowest BCUT2D eigenvalue weighted by molar-refractivity contribution is 0.0152. The standard InChI is InChI=1S/C20H33N2O3P/c1-2-25-26(23,14-16-7-4-3-5-8-16)15-19-12-22-20(13-24-19)17-9-6-10-18(21)11-17/h6,9-11,16,19-20,22H,2-5,7-8,12-15,21H2,1H3. The summed E-state index contributed by atoms with van der Waals surface area (Å²) in [6.07, 6.45) is 7.43. The van der Waals surface area contributed by atoms with Crippen LogP contribution >= 0.6 is 7.37 Å². The molecule has 1 aliphatic heterocycles. The van der Waals surface area contributed by atoms with E-state index >= 15 is 0 Å². The van der Waals surface area contributed by atoms with E-state index in [0.29, 0.717) is 31.8 Å². The predicted molar refractivity (Wildman–Crippen MR) is 107 cm³/mol. The predicted octanol–water partition coefficient (Wildman–Crippen LogP) is 4.19. The number of ether oxygens (including phenoxy) is 1. The van der Waals surface area contributed by atoms with Gasteiger partial charge in [0.2, 0.25) is 7.37 Å². The number of benzene rings is 1. The van der Waals surface area contributed by atoms with Crippen LogP contribution in [-0.4, -0.2) is 38.2 Å². The van der Waals surface area contributed by atoms with E-state index in [4.69, 9.17) is 15.0 Å². The number of nitrogen functional groups attached to an aromatic ring is 1. The molecular formula is C20H33N2O3P. The van der Waals surface area contributed by atoms with Crippen molar-refractivity contribution in [1.29, 1.82) is 0 Å². The Hall–Kier alpha value is -0.870. The van der Waals surface area contributed by atoms with Gasteiger partial charge in [-0.2, -0.15) is 0 Å². The third-order valence-corrected chi connectivity index (χ3v) is 8.28. The van der Waals surface area contributed by atoms with E-state index in [9.17, 15) is 4.57 Å². The normalized spacial score (nSPS) is 27.1. The fourth-order valence-electron chi connectivity index (χ4n) is 4.22.